The Morgan fingerprint density at radius 1 is 0.971 bits per heavy atom. The van der Waals surface area contributed by atoms with Crippen molar-refractivity contribution in [3.63, 3.8) is 0 Å². The Bertz CT molecular complexity index is 1530. The molecule has 0 fully saturated rings. The molecule has 2 aliphatic rings. The highest BCUT2D eigenvalue weighted by molar-refractivity contribution is 6.34. The van der Waals surface area contributed by atoms with Crippen LogP contribution in [-0.4, -0.2) is 28.4 Å². The minimum atomic E-state index is -0.670. The minimum absolute atomic E-state index is 0.105. The Labute approximate surface area is 204 Å². The first kappa shape index (κ1) is 21.1. The molecule has 35 heavy (non-hydrogen) atoms. The number of fused-ring (bicyclic) bond motifs is 4. The average molecular weight is 489 g/mol. The highest BCUT2D eigenvalue weighted by Gasteiger charge is 2.30. The van der Waals surface area contributed by atoms with Crippen LogP contribution in [0.1, 0.15) is 26.4 Å². The zero-order valence-electron chi connectivity index (χ0n) is 18.1. The van der Waals surface area contributed by atoms with Gasteiger partial charge in [0.25, 0.3) is 11.8 Å². The Balaban J connectivity index is 1.46. The van der Waals surface area contributed by atoms with E-state index in [1.165, 1.54) is 0 Å². The third-order valence-electron chi connectivity index (χ3n) is 5.80. The molecule has 3 heterocycles. The summed E-state index contributed by atoms with van der Waals surface area (Å²) in [6.07, 6.45) is 0. The molecule has 0 saturated heterocycles. The van der Waals surface area contributed by atoms with Gasteiger partial charge in [0.2, 0.25) is 6.79 Å². The molecule has 1 aromatic heterocycles. The molecule has 0 radical (unpaired) electrons. The number of hydrogen-bond donors (Lipinski definition) is 2. The molecule has 10 heteroatoms. The summed E-state index contributed by atoms with van der Waals surface area (Å²) in [7, 11) is 0. The number of anilines is 1. The lowest BCUT2D eigenvalue weighted by Crippen LogP contribution is -2.16. The number of nitrogens with two attached hydrogens (primary N) is 1. The van der Waals surface area contributed by atoms with Crippen LogP contribution >= 0.6 is 11.6 Å². The fourth-order valence-corrected chi connectivity index (χ4v) is 4.40. The molecule has 0 aliphatic carbocycles. The molecule has 3 aromatic carbocycles. The summed E-state index contributed by atoms with van der Waals surface area (Å²) in [5.74, 6) is 0.746. The molecule has 2 amide bonds. The van der Waals surface area contributed by atoms with Gasteiger partial charge >= 0.3 is 0 Å². The van der Waals surface area contributed by atoms with Crippen LogP contribution in [0.15, 0.2) is 60.7 Å². The van der Waals surface area contributed by atoms with Gasteiger partial charge < -0.3 is 25.3 Å². The molecule has 9 nitrogen and oxygen atoms in total. The first-order valence-corrected chi connectivity index (χ1v) is 11.0. The van der Waals surface area contributed by atoms with E-state index in [1.807, 2.05) is 6.07 Å². The molecule has 174 valence electrons. The molecule has 0 saturated carbocycles. The zero-order chi connectivity index (χ0) is 24.1. The topological polar surface area (TPSA) is 118 Å². The van der Waals surface area contributed by atoms with E-state index in [4.69, 9.17) is 31.5 Å². The third kappa shape index (κ3) is 3.53. The van der Waals surface area contributed by atoms with Crippen molar-refractivity contribution in [3.05, 3.63) is 82.5 Å². The maximum Gasteiger partial charge on any atom is 0.269 e. The van der Waals surface area contributed by atoms with E-state index in [9.17, 15) is 9.59 Å². The summed E-state index contributed by atoms with van der Waals surface area (Å²) in [6, 6.07) is 17.4. The second-order valence-electron chi connectivity index (χ2n) is 7.92. The number of aromatic nitrogens is 2. The summed E-state index contributed by atoms with van der Waals surface area (Å²) >= 11 is 6.17. The average Bonchev–Trinajstić information content (AvgIpc) is 3.48. The fraction of sp³-hybridized carbons (Fsp3) is 0.0800. The van der Waals surface area contributed by atoms with E-state index in [1.54, 1.807) is 59.3 Å². The number of rotatable bonds is 4. The normalized spacial score (nSPS) is 12.9. The number of primary amides is 1. The van der Waals surface area contributed by atoms with Crippen LogP contribution in [-0.2, 0) is 6.61 Å². The monoisotopic (exact) mass is 488 g/mol. The van der Waals surface area contributed by atoms with Gasteiger partial charge in [0, 0.05) is 22.9 Å². The van der Waals surface area contributed by atoms with Crippen LogP contribution in [0.4, 0.5) is 5.69 Å². The third-order valence-corrected chi connectivity index (χ3v) is 6.13. The second kappa shape index (κ2) is 8.07. The van der Waals surface area contributed by atoms with E-state index < -0.39 is 5.91 Å². The van der Waals surface area contributed by atoms with Gasteiger partial charge in [0.15, 0.2) is 17.2 Å². The maximum atomic E-state index is 12.8. The van der Waals surface area contributed by atoms with Crippen molar-refractivity contribution in [3.8, 4) is 34.2 Å². The van der Waals surface area contributed by atoms with Gasteiger partial charge in [0.1, 0.15) is 12.4 Å². The quantitative estimate of drug-likeness (QED) is 0.445. The molecule has 0 bridgehead atoms. The first-order chi connectivity index (χ1) is 17.0. The van der Waals surface area contributed by atoms with Gasteiger partial charge in [-0.2, -0.15) is 5.10 Å². The van der Waals surface area contributed by atoms with Crippen molar-refractivity contribution in [1.29, 1.82) is 0 Å². The predicted molar refractivity (Wildman–Crippen MR) is 127 cm³/mol. The van der Waals surface area contributed by atoms with Gasteiger partial charge in [-0.05, 0) is 42.5 Å². The number of nitrogens with one attached hydrogen (secondary N) is 1. The minimum Gasteiger partial charge on any atom is -0.488 e. The van der Waals surface area contributed by atoms with Crippen molar-refractivity contribution in [2.24, 2.45) is 5.73 Å². The van der Waals surface area contributed by atoms with E-state index in [0.717, 1.165) is 0 Å². The van der Waals surface area contributed by atoms with Crippen LogP contribution < -0.4 is 25.3 Å². The van der Waals surface area contributed by atoms with Gasteiger partial charge in [-0.15, -0.1) is 0 Å². The number of ether oxygens (including phenoxy) is 3. The lowest BCUT2D eigenvalue weighted by molar-refractivity contribution is 0.0990. The number of halogens is 1. The van der Waals surface area contributed by atoms with Gasteiger partial charge in [-0.3, -0.25) is 9.59 Å². The fourth-order valence-electron chi connectivity index (χ4n) is 4.18. The largest absolute Gasteiger partial charge is 0.488 e. The van der Waals surface area contributed by atoms with E-state index in [2.05, 4.69) is 10.4 Å². The van der Waals surface area contributed by atoms with Gasteiger partial charge in [0.05, 0.1) is 22.0 Å². The predicted octanol–water partition coefficient (Wildman–Crippen LogP) is 4.17. The van der Waals surface area contributed by atoms with Crippen molar-refractivity contribution in [1.82, 2.24) is 9.78 Å². The molecule has 0 atom stereocenters. The van der Waals surface area contributed by atoms with E-state index in [-0.39, 0.29) is 25.0 Å². The Hall–Kier alpha value is -4.50. The van der Waals surface area contributed by atoms with Crippen LogP contribution in [0.5, 0.6) is 17.2 Å². The number of nitrogens with zero attached hydrogens (tertiary/aromatic N) is 2. The van der Waals surface area contributed by atoms with Gasteiger partial charge in [-0.25, -0.2) is 4.68 Å². The van der Waals surface area contributed by atoms with Crippen molar-refractivity contribution in [2.75, 3.05) is 12.1 Å². The standard InChI is InChI=1S/C25H17ClN4O5/c26-18-4-2-1-3-15(18)25(32)28-13-5-7-19-16(9-13)23-17(11-33-19)22(24(27)31)29-30(23)14-6-8-20-21(10-14)35-12-34-20/h1-10H,11-12H2,(H2,27,31)(H,28,32). The molecular formula is C25H17ClN4O5. The number of carbonyl (C=O) groups excluding carboxylic acids is 2. The van der Waals surface area contributed by atoms with Crippen LogP contribution in [0.2, 0.25) is 5.02 Å². The molecule has 2 aliphatic heterocycles. The summed E-state index contributed by atoms with van der Waals surface area (Å²) in [5, 5.41) is 7.71. The highest BCUT2D eigenvalue weighted by atomic mass is 35.5. The van der Waals surface area contributed by atoms with Crippen LogP contribution in [0, 0.1) is 0 Å². The molecular weight excluding hydrogens is 472 g/mol. The van der Waals surface area contributed by atoms with Crippen LogP contribution in [0.3, 0.4) is 0 Å². The Kier molecular flexibility index (Phi) is 4.85. The molecule has 6 rings (SSSR count). The molecule has 0 unspecified atom stereocenters. The Morgan fingerprint density at radius 2 is 1.77 bits per heavy atom. The van der Waals surface area contributed by atoms with E-state index in [0.29, 0.717) is 56.0 Å². The smallest absolute Gasteiger partial charge is 0.269 e. The molecule has 3 N–H and O–H groups in total. The Morgan fingerprint density at radius 3 is 2.60 bits per heavy atom. The van der Waals surface area contributed by atoms with Crippen LogP contribution in [0.25, 0.3) is 16.9 Å². The summed E-state index contributed by atoms with van der Waals surface area (Å²) in [5.41, 5.74) is 9.08. The number of carbonyl (C=O) groups is 2. The van der Waals surface area contributed by atoms with Gasteiger partial charge in [-0.1, -0.05) is 23.7 Å². The first-order valence-electron chi connectivity index (χ1n) is 10.6. The lowest BCUT2D eigenvalue weighted by atomic mass is 10.0. The maximum absolute atomic E-state index is 12.8. The number of benzene rings is 3. The van der Waals surface area contributed by atoms with E-state index >= 15 is 0 Å². The van der Waals surface area contributed by atoms with Crippen molar-refractivity contribution in [2.45, 2.75) is 6.61 Å². The highest BCUT2D eigenvalue weighted by Crippen LogP contribution is 2.43. The van der Waals surface area contributed by atoms with Crippen molar-refractivity contribution < 1.29 is 23.8 Å². The zero-order valence-corrected chi connectivity index (χ0v) is 18.8. The second-order valence-corrected chi connectivity index (χ2v) is 8.33. The number of hydrogen-bond acceptors (Lipinski definition) is 6. The summed E-state index contributed by atoms with van der Waals surface area (Å²) in [6.45, 7) is 0.254. The summed E-state index contributed by atoms with van der Waals surface area (Å²) in [4.78, 5) is 25.0. The molecule has 0 spiro atoms. The number of amides is 2. The SMILES string of the molecule is NC(=O)c1nn(-c2ccc3c(c2)OCO3)c2c1COc1ccc(NC(=O)c3ccccc3Cl)cc1-2. The molecule has 4 aromatic rings. The van der Waals surface area contributed by atoms with Crippen molar-refractivity contribution >= 4 is 29.1 Å². The lowest BCUT2D eigenvalue weighted by Gasteiger charge is -2.21. The summed E-state index contributed by atoms with van der Waals surface area (Å²) < 4.78 is 18.4.